The summed E-state index contributed by atoms with van der Waals surface area (Å²) in [5.74, 6) is 1.12. The van der Waals surface area contributed by atoms with Gasteiger partial charge in [0.15, 0.2) is 5.82 Å². The van der Waals surface area contributed by atoms with E-state index in [0.29, 0.717) is 30.5 Å². The first-order valence-electron chi connectivity index (χ1n) is 11.8. The molecule has 2 heterocycles. The van der Waals surface area contributed by atoms with Gasteiger partial charge in [-0.2, -0.15) is 0 Å². The molecule has 182 valence electrons. The molecule has 0 bridgehead atoms. The van der Waals surface area contributed by atoms with Gasteiger partial charge in [0.25, 0.3) is 0 Å². The topological polar surface area (TPSA) is 91.7 Å². The van der Waals surface area contributed by atoms with Crippen LogP contribution in [0.2, 0.25) is 0 Å². The van der Waals surface area contributed by atoms with E-state index >= 15 is 0 Å². The minimum atomic E-state index is -0.111. The molecule has 0 saturated heterocycles. The number of methoxy groups -OCH3 is 1. The van der Waals surface area contributed by atoms with Gasteiger partial charge in [0.05, 0.1) is 30.9 Å². The third-order valence-electron chi connectivity index (χ3n) is 6.04. The summed E-state index contributed by atoms with van der Waals surface area (Å²) in [5.41, 5.74) is 5.48. The van der Waals surface area contributed by atoms with Gasteiger partial charge in [0.1, 0.15) is 5.82 Å². The van der Waals surface area contributed by atoms with Gasteiger partial charge >= 0.3 is 0 Å². The molecule has 0 aliphatic carbocycles. The molecule has 0 saturated carbocycles. The van der Waals surface area contributed by atoms with Crippen molar-refractivity contribution in [2.45, 2.75) is 6.54 Å². The largest absolute Gasteiger partial charge is 0.383 e. The number of hydrogen-bond acceptors (Lipinski definition) is 7. The van der Waals surface area contributed by atoms with Gasteiger partial charge in [0, 0.05) is 36.5 Å². The molecule has 1 amide bonds. The van der Waals surface area contributed by atoms with E-state index in [0.717, 1.165) is 34.3 Å². The van der Waals surface area contributed by atoms with Gasteiger partial charge in [-0.15, -0.1) is 0 Å². The predicted octanol–water partition coefficient (Wildman–Crippen LogP) is 4.49. The van der Waals surface area contributed by atoms with Crippen LogP contribution in [0.15, 0.2) is 71.7 Å². The highest BCUT2D eigenvalue weighted by Crippen LogP contribution is 2.31. The number of likely N-dealkylation sites (N-methyl/N-ethyl adjacent to an activating group) is 1. The highest BCUT2D eigenvalue weighted by molar-refractivity contribution is 5.97. The van der Waals surface area contributed by atoms with Gasteiger partial charge in [-0.1, -0.05) is 30.3 Å². The molecule has 0 atom stereocenters. The predicted molar refractivity (Wildman–Crippen MR) is 144 cm³/mol. The van der Waals surface area contributed by atoms with Crippen molar-refractivity contribution in [2.75, 3.05) is 44.5 Å². The van der Waals surface area contributed by atoms with Crippen molar-refractivity contribution in [2.24, 2.45) is 4.99 Å². The third kappa shape index (κ3) is 5.25. The number of ether oxygens (including phenoxy) is 1. The van der Waals surface area contributed by atoms with E-state index in [9.17, 15) is 4.79 Å². The maximum Gasteiger partial charge on any atom is 0.238 e. The molecule has 1 aliphatic heterocycles. The second-order valence-electron chi connectivity index (χ2n) is 8.75. The first-order chi connectivity index (χ1) is 17.6. The summed E-state index contributed by atoms with van der Waals surface area (Å²) in [5, 5.41) is 7.41. The number of anilines is 3. The quantitative estimate of drug-likeness (QED) is 0.367. The summed E-state index contributed by atoms with van der Waals surface area (Å²) >= 11 is 0. The Bertz CT molecular complexity index is 1430. The Balaban J connectivity index is 1.47. The molecular formula is C28H28N6O2. The van der Waals surface area contributed by atoms with E-state index in [2.05, 4.69) is 27.8 Å². The third-order valence-corrected chi connectivity index (χ3v) is 6.04. The van der Waals surface area contributed by atoms with Gasteiger partial charge in [-0.05, 0) is 54.6 Å². The number of aromatic nitrogens is 2. The Morgan fingerprint density at radius 1 is 1.06 bits per heavy atom. The van der Waals surface area contributed by atoms with Crippen molar-refractivity contribution in [3.05, 3.63) is 77.9 Å². The molecule has 1 aliphatic rings. The van der Waals surface area contributed by atoms with Gasteiger partial charge < -0.3 is 15.4 Å². The lowest BCUT2D eigenvalue weighted by molar-refractivity contribution is -0.117. The lowest BCUT2D eigenvalue weighted by Gasteiger charge is -2.17. The molecule has 8 nitrogen and oxygen atoms in total. The molecule has 5 rings (SSSR count). The number of carbonyl (C=O) groups is 1. The maximum atomic E-state index is 12.7. The standard InChI is InChI=1S/C28H28N6O2/c1-34(13-14-36-2)18-26(35)31-24-9-5-3-7-22(24)28-32-25-10-6-4-8-23(25)27(33-28)30-21-12-11-19-16-29-17-20(19)15-21/h3-12,15,17H,13-14,16,18H2,1-2H3,(H,31,35)(H,30,32,33). The first-order valence-corrected chi connectivity index (χ1v) is 11.8. The van der Waals surface area contributed by atoms with Crippen molar-refractivity contribution >= 4 is 40.2 Å². The molecule has 0 unspecified atom stereocenters. The number of nitrogens with zero attached hydrogens (tertiary/aromatic N) is 4. The normalized spacial score (nSPS) is 12.2. The van der Waals surface area contributed by atoms with E-state index in [-0.39, 0.29) is 12.5 Å². The van der Waals surface area contributed by atoms with Crippen LogP contribution in [0.3, 0.4) is 0 Å². The molecule has 4 aromatic rings. The fraction of sp³-hybridized carbons (Fsp3) is 0.214. The van der Waals surface area contributed by atoms with Gasteiger partial charge in [0.2, 0.25) is 5.91 Å². The fourth-order valence-corrected chi connectivity index (χ4v) is 4.16. The molecular weight excluding hydrogens is 452 g/mol. The number of hydrogen-bond donors (Lipinski definition) is 2. The number of fused-ring (bicyclic) bond motifs is 2. The fourth-order valence-electron chi connectivity index (χ4n) is 4.16. The second kappa shape index (κ2) is 10.6. The van der Waals surface area contributed by atoms with Crippen LogP contribution in [-0.2, 0) is 16.1 Å². The zero-order valence-electron chi connectivity index (χ0n) is 20.4. The Labute approximate surface area is 210 Å². The van der Waals surface area contributed by atoms with Crippen LogP contribution in [0.25, 0.3) is 22.3 Å². The van der Waals surface area contributed by atoms with Crippen LogP contribution in [-0.4, -0.2) is 60.8 Å². The van der Waals surface area contributed by atoms with E-state index < -0.39 is 0 Å². The van der Waals surface area contributed by atoms with Crippen LogP contribution in [0, 0.1) is 0 Å². The number of carbonyl (C=O) groups excluding carboxylic acids is 1. The number of aliphatic imine (C=N–C) groups is 1. The highest BCUT2D eigenvalue weighted by Gasteiger charge is 2.16. The lowest BCUT2D eigenvalue weighted by Crippen LogP contribution is -2.32. The summed E-state index contributed by atoms with van der Waals surface area (Å²) in [6.45, 7) is 2.21. The molecule has 0 spiro atoms. The van der Waals surface area contributed by atoms with Crippen molar-refractivity contribution in [3.63, 3.8) is 0 Å². The van der Waals surface area contributed by atoms with Crippen molar-refractivity contribution in [3.8, 4) is 11.4 Å². The first kappa shape index (κ1) is 23.6. The zero-order valence-corrected chi connectivity index (χ0v) is 20.4. The van der Waals surface area contributed by atoms with E-state index in [1.165, 1.54) is 5.56 Å². The lowest BCUT2D eigenvalue weighted by atomic mass is 10.1. The number of benzene rings is 3. The number of para-hydroxylation sites is 2. The van der Waals surface area contributed by atoms with E-state index in [1.807, 2.05) is 72.8 Å². The summed E-state index contributed by atoms with van der Waals surface area (Å²) in [7, 11) is 3.54. The van der Waals surface area contributed by atoms with Gasteiger partial charge in [-0.25, -0.2) is 9.97 Å². The van der Waals surface area contributed by atoms with Crippen LogP contribution in [0.1, 0.15) is 11.1 Å². The van der Waals surface area contributed by atoms with Crippen molar-refractivity contribution < 1.29 is 9.53 Å². The Morgan fingerprint density at radius 3 is 2.78 bits per heavy atom. The van der Waals surface area contributed by atoms with Crippen LogP contribution in [0.5, 0.6) is 0 Å². The Kier molecular flexibility index (Phi) is 6.97. The smallest absolute Gasteiger partial charge is 0.238 e. The van der Waals surface area contributed by atoms with Crippen molar-refractivity contribution in [1.82, 2.24) is 14.9 Å². The zero-order chi connectivity index (χ0) is 24.9. The molecule has 0 radical (unpaired) electrons. The summed E-state index contributed by atoms with van der Waals surface area (Å²) < 4.78 is 5.10. The molecule has 3 aromatic carbocycles. The molecule has 1 aromatic heterocycles. The monoisotopic (exact) mass is 480 g/mol. The van der Waals surface area contributed by atoms with E-state index in [4.69, 9.17) is 14.7 Å². The number of nitrogens with one attached hydrogen (secondary N) is 2. The van der Waals surface area contributed by atoms with E-state index in [1.54, 1.807) is 7.11 Å². The molecule has 36 heavy (non-hydrogen) atoms. The second-order valence-corrected chi connectivity index (χ2v) is 8.75. The van der Waals surface area contributed by atoms with Crippen LogP contribution < -0.4 is 10.6 Å². The minimum Gasteiger partial charge on any atom is -0.383 e. The van der Waals surface area contributed by atoms with Gasteiger partial charge in [-0.3, -0.25) is 14.7 Å². The number of rotatable bonds is 9. The molecule has 0 fully saturated rings. The van der Waals surface area contributed by atoms with Crippen LogP contribution in [0.4, 0.5) is 17.2 Å². The van der Waals surface area contributed by atoms with Crippen LogP contribution >= 0.6 is 0 Å². The number of amides is 1. The Hall–Kier alpha value is -4.14. The summed E-state index contributed by atoms with van der Waals surface area (Å²) in [4.78, 5) is 28.7. The maximum absolute atomic E-state index is 12.7. The highest BCUT2D eigenvalue weighted by atomic mass is 16.5. The van der Waals surface area contributed by atoms with Crippen molar-refractivity contribution in [1.29, 1.82) is 0 Å². The minimum absolute atomic E-state index is 0.111. The average Bonchev–Trinajstić information content (AvgIpc) is 3.35. The SMILES string of the molecule is COCCN(C)CC(=O)Nc1ccccc1-c1nc(Nc2ccc3c(c2)C=NC3)c2ccccc2n1. The summed E-state index contributed by atoms with van der Waals surface area (Å²) in [6, 6.07) is 21.7. The molecule has 8 heteroatoms. The average molecular weight is 481 g/mol. The summed E-state index contributed by atoms with van der Waals surface area (Å²) in [6.07, 6.45) is 1.90. The Morgan fingerprint density at radius 2 is 1.89 bits per heavy atom. The molecule has 2 N–H and O–H groups in total.